The highest BCUT2D eigenvalue weighted by Gasteiger charge is 2.22. The number of carbonyl (C=O) groups excluding carboxylic acids is 1. The summed E-state index contributed by atoms with van der Waals surface area (Å²) in [6, 6.07) is 8.84. The number of hydrogen-bond donors (Lipinski definition) is 1. The lowest BCUT2D eigenvalue weighted by Crippen LogP contribution is -2.40. The van der Waals surface area contributed by atoms with E-state index >= 15 is 0 Å². The minimum Gasteiger partial charge on any atom is -0.493 e. The van der Waals surface area contributed by atoms with E-state index in [-0.39, 0.29) is 13.1 Å². The SMILES string of the molecule is COc1cc(CNC(=O)CN(c2ccc(C)cc2C)S(C)(=O)=O)cc(OC)c1OC. The number of nitrogens with zero attached hydrogens (tertiary/aromatic N) is 1. The van der Waals surface area contributed by atoms with Crippen molar-refractivity contribution >= 4 is 21.6 Å². The van der Waals surface area contributed by atoms with Crippen LogP contribution >= 0.6 is 0 Å². The fourth-order valence-electron chi connectivity index (χ4n) is 3.09. The zero-order chi connectivity index (χ0) is 22.5. The Balaban J connectivity index is 2.19. The van der Waals surface area contributed by atoms with Gasteiger partial charge in [0.25, 0.3) is 0 Å². The van der Waals surface area contributed by atoms with Crippen LogP contribution in [0.5, 0.6) is 17.2 Å². The second-order valence-electron chi connectivity index (χ2n) is 6.87. The second kappa shape index (κ2) is 9.71. The largest absolute Gasteiger partial charge is 0.493 e. The van der Waals surface area contributed by atoms with Crippen molar-refractivity contribution in [3.63, 3.8) is 0 Å². The van der Waals surface area contributed by atoms with Gasteiger partial charge in [-0.2, -0.15) is 0 Å². The van der Waals surface area contributed by atoms with E-state index in [0.29, 0.717) is 22.9 Å². The van der Waals surface area contributed by atoms with Crippen LogP contribution in [0.1, 0.15) is 16.7 Å². The monoisotopic (exact) mass is 436 g/mol. The third-order valence-corrected chi connectivity index (χ3v) is 5.65. The van der Waals surface area contributed by atoms with Crippen molar-refractivity contribution in [2.24, 2.45) is 0 Å². The molecule has 0 atom stereocenters. The Hall–Kier alpha value is -2.94. The molecule has 0 saturated carbocycles. The van der Waals surface area contributed by atoms with Crippen LogP contribution in [0.25, 0.3) is 0 Å². The van der Waals surface area contributed by atoms with Crippen LogP contribution in [0.15, 0.2) is 30.3 Å². The molecule has 0 heterocycles. The smallest absolute Gasteiger partial charge is 0.241 e. The van der Waals surface area contributed by atoms with Gasteiger partial charge in [0.15, 0.2) is 11.5 Å². The van der Waals surface area contributed by atoms with Gasteiger partial charge < -0.3 is 19.5 Å². The topological polar surface area (TPSA) is 94.2 Å². The number of rotatable bonds is 9. The van der Waals surface area contributed by atoms with Gasteiger partial charge in [-0.1, -0.05) is 17.7 Å². The molecule has 2 aromatic carbocycles. The van der Waals surface area contributed by atoms with Gasteiger partial charge in [0.05, 0.1) is 33.3 Å². The minimum atomic E-state index is -3.65. The average molecular weight is 437 g/mol. The molecule has 0 spiro atoms. The van der Waals surface area contributed by atoms with Crippen LogP contribution in [0.3, 0.4) is 0 Å². The first-order valence-electron chi connectivity index (χ1n) is 9.21. The number of carbonyl (C=O) groups is 1. The summed E-state index contributed by atoms with van der Waals surface area (Å²) in [5.41, 5.74) is 2.98. The summed E-state index contributed by atoms with van der Waals surface area (Å²) in [5, 5.41) is 2.75. The van der Waals surface area contributed by atoms with E-state index in [1.807, 2.05) is 26.0 Å². The van der Waals surface area contributed by atoms with E-state index in [1.165, 1.54) is 21.3 Å². The summed E-state index contributed by atoms with van der Waals surface area (Å²) in [6.07, 6.45) is 1.08. The highest BCUT2D eigenvalue weighted by Crippen LogP contribution is 2.38. The Morgan fingerprint density at radius 1 is 1.00 bits per heavy atom. The average Bonchev–Trinajstić information content (AvgIpc) is 2.69. The molecule has 2 aromatic rings. The number of nitrogens with one attached hydrogen (secondary N) is 1. The number of aryl methyl sites for hydroxylation is 2. The molecule has 0 bridgehead atoms. The fraction of sp³-hybridized carbons (Fsp3) is 0.381. The summed E-state index contributed by atoms with van der Waals surface area (Å²) >= 11 is 0. The first-order chi connectivity index (χ1) is 14.1. The van der Waals surface area contributed by atoms with Crippen molar-refractivity contribution in [2.75, 3.05) is 38.4 Å². The number of sulfonamides is 1. The molecule has 1 amide bonds. The second-order valence-corrected chi connectivity index (χ2v) is 8.78. The summed E-state index contributed by atoms with van der Waals surface area (Å²) in [7, 11) is 0.878. The molecule has 0 fully saturated rings. The molecule has 30 heavy (non-hydrogen) atoms. The van der Waals surface area contributed by atoms with Gasteiger partial charge in [-0.25, -0.2) is 8.42 Å². The molecular formula is C21H28N2O6S. The summed E-state index contributed by atoms with van der Waals surface area (Å²) in [6.45, 7) is 3.58. The summed E-state index contributed by atoms with van der Waals surface area (Å²) in [4.78, 5) is 12.6. The Morgan fingerprint density at radius 2 is 1.60 bits per heavy atom. The maximum atomic E-state index is 12.6. The Morgan fingerprint density at radius 3 is 2.07 bits per heavy atom. The number of ether oxygens (including phenoxy) is 3. The van der Waals surface area contributed by atoms with Crippen molar-refractivity contribution in [1.82, 2.24) is 5.32 Å². The Bertz CT molecular complexity index is 995. The van der Waals surface area contributed by atoms with Crippen molar-refractivity contribution in [1.29, 1.82) is 0 Å². The lowest BCUT2D eigenvalue weighted by Gasteiger charge is -2.24. The predicted molar refractivity (Wildman–Crippen MR) is 116 cm³/mol. The maximum absolute atomic E-state index is 12.6. The van der Waals surface area contributed by atoms with E-state index in [1.54, 1.807) is 18.2 Å². The van der Waals surface area contributed by atoms with Gasteiger partial charge in [0.1, 0.15) is 6.54 Å². The molecule has 0 aliphatic heterocycles. The Labute approximate surface area is 177 Å². The van der Waals surface area contributed by atoms with Crippen molar-refractivity contribution in [2.45, 2.75) is 20.4 Å². The van der Waals surface area contributed by atoms with Crippen molar-refractivity contribution in [3.05, 3.63) is 47.0 Å². The number of methoxy groups -OCH3 is 3. The van der Waals surface area contributed by atoms with E-state index in [9.17, 15) is 13.2 Å². The quantitative estimate of drug-likeness (QED) is 0.649. The molecule has 2 rings (SSSR count). The number of hydrogen-bond acceptors (Lipinski definition) is 6. The van der Waals surface area contributed by atoms with Gasteiger partial charge in [-0.15, -0.1) is 0 Å². The van der Waals surface area contributed by atoms with Crippen LogP contribution in [-0.4, -0.2) is 48.5 Å². The summed E-state index contributed by atoms with van der Waals surface area (Å²) < 4.78 is 41.6. The molecule has 8 nitrogen and oxygen atoms in total. The van der Waals surface area contributed by atoms with Crippen LogP contribution in [-0.2, 0) is 21.4 Å². The van der Waals surface area contributed by atoms with E-state index < -0.39 is 15.9 Å². The summed E-state index contributed by atoms with van der Waals surface area (Å²) in [5.74, 6) is 0.950. The van der Waals surface area contributed by atoms with E-state index in [0.717, 1.165) is 27.3 Å². The van der Waals surface area contributed by atoms with Crippen LogP contribution in [0, 0.1) is 13.8 Å². The van der Waals surface area contributed by atoms with E-state index in [2.05, 4.69) is 5.32 Å². The minimum absolute atomic E-state index is 0.167. The van der Waals surface area contributed by atoms with Crippen molar-refractivity contribution < 1.29 is 27.4 Å². The van der Waals surface area contributed by atoms with Crippen LogP contribution in [0.2, 0.25) is 0 Å². The molecule has 0 unspecified atom stereocenters. The molecule has 1 N–H and O–H groups in total. The number of amides is 1. The standard InChI is InChI=1S/C21H28N2O6S/c1-14-7-8-17(15(2)9-14)23(30(6,25)26)13-20(24)22-12-16-10-18(27-3)21(29-5)19(11-16)28-4/h7-11H,12-13H2,1-6H3,(H,22,24). The molecular weight excluding hydrogens is 408 g/mol. The molecule has 9 heteroatoms. The zero-order valence-electron chi connectivity index (χ0n) is 18.1. The predicted octanol–water partition coefficient (Wildman–Crippen LogP) is 2.41. The van der Waals surface area contributed by atoms with Gasteiger partial charge in [-0.05, 0) is 43.2 Å². The zero-order valence-corrected chi connectivity index (χ0v) is 18.9. The van der Waals surface area contributed by atoms with E-state index in [4.69, 9.17) is 14.2 Å². The molecule has 0 radical (unpaired) electrons. The first-order valence-corrected chi connectivity index (χ1v) is 11.1. The van der Waals surface area contributed by atoms with Gasteiger partial charge >= 0.3 is 0 Å². The number of benzene rings is 2. The van der Waals surface area contributed by atoms with Gasteiger partial charge in [-0.3, -0.25) is 9.10 Å². The third-order valence-electron chi connectivity index (χ3n) is 4.52. The third kappa shape index (κ3) is 5.56. The molecule has 0 aliphatic rings. The molecule has 164 valence electrons. The van der Waals surface area contributed by atoms with Crippen molar-refractivity contribution in [3.8, 4) is 17.2 Å². The molecule has 0 aromatic heterocycles. The molecule has 0 aliphatic carbocycles. The van der Waals surface area contributed by atoms with Gasteiger partial charge in [0, 0.05) is 6.54 Å². The first kappa shape index (κ1) is 23.3. The highest BCUT2D eigenvalue weighted by atomic mass is 32.2. The highest BCUT2D eigenvalue weighted by molar-refractivity contribution is 7.92. The van der Waals surface area contributed by atoms with Crippen LogP contribution in [0.4, 0.5) is 5.69 Å². The lowest BCUT2D eigenvalue weighted by atomic mass is 10.1. The maximum Gasteiger partial charge on any atom is 0.241 e. The fourth-order valence-corrected chi connectivity index (χ4v) is 4.00. The normalized spacial score (nSPS) is 11.0. The lowest BCUT2D eigenvalue weighted by molar-refractivity contribution is -0.119. The number of anilines is 1. The van der Waals surface area contributed by atoms with Gasteiger partial charge in [0.2, 0.25) is 21.7 Å². The van der Waals surface area contributed by atoms with Crippen LogP contribution < -0.4 is 23.8 Å². The molecule has 0 saturated heterocycles. The Kier molecular flexibility index (Phi) is 7.55.